The van der Waals surface area contributed by atoms with Gasteiger partial charge in [0, 0.05) is 16.7 Å². The maximum absolute atomic E-state index is 13.6. The highest BCUT2D eigenvalue weighted by Crippen LogP contribution is 2.35. The summed E-state index contributed by atoms with van der Waals surface area (Å²) in [4.78, 5) is 39.5. The average Bonchev–Trinajstić information content (AvgIpc) is 3.32. The Morgan fingerprint density at radius 1 is 1.14 bits per heavy atom. The van der Waals surface area contributed by atoms with Crippen LogP contribution >= 0.6 is 11.3 Å². The van der Waals surface area contributed by atoms with E-state index in [2.05, 4.69) is 17.3 Å². The van der Waals surface area contributed by atoms with Crippen molar-refractivity contribution in [1.29, 1.82) is 0 Å². The van der Waals surface area contributed by atoms with Gasteiger partial charge >= 0.3 is 5.97 Å². The van der Waals surface area contributed by atoms with Gasteiger partial charge in [-0.2, -0.15) is 9.78 Å². The molecule has 4 rings (SSSR count). The molecule has 9 heteroatoms. The van der Waals surface area contributed by atoms with Gasteiger partial charge < -0.3 is 14.8 Å². The van der Waals surface area contributed by atoms with E-state index in [1.807, 2.05) is 0 Å². The number of ether oxygens (including phenoxy) is 2. The van der Waals surface area contributed by atoms with Crippen LogP contribution in [0.4, 0.5) is 5.00 Å². The molecule has 1 N–H and O–H groups in total. The van der Waals surface area contributed by atoms with Crippen molar-refractivity contribution in [3.05, 3.63) is 45.7 Å². The number of amides is 1. The fourth-order valence-electron chi connectivity index (χ4n) is 4.81. The van der Waals surface area contributed by atoms with Gasteiger partial charge in [0.05, 0.1) is 24.8 Å². The molecule has 3 aromatic rings. The molecule has 1 amide bonds. The number of thiophene rings is 1. The molecule has 1 fully saturated rings. The molecule has 1 aliphatic carbocycles. The number of unbranched alkanes of at least 4 members (excludes halogenated alkanes) is 1. The van der Waals surface area contributed by atoms with Gasteiger partial charge in [-0.25, -0.2) is 4.79 Å². The fourth-order valence-corrected chi connectivity index (χ4v) is 5.75. The number of esters is 1. The molecule has 192 valence electrons. The minimum absolute atomic E-state index is 0.0375. The lowest BCUT2D eigenvalue weighted by molar-refractivity contribution is -0.121. The third kappa shape index (κ3) is 5.46. The zero-order valence-electron chi connectivity index (χ0n) is 21.0. The number of nitrogens with zero attached hydrogens (tertiary/aromatic N) is 2. The highest BCUT2D eigenvalue weighted by Gasteiger charge is 2.28. The van der Waals surface area contributed by atoms with E-state index >= 15 is 0 Å². The van der Waals surface area contributed by atoms with Gasteiger partial charge in [0.25, 0.3) is 5.56 Å². The van der Waals surface area contributed by atoms with E-state index in [4.69, 9.17) is 9.47 Å². The Labute approximate surface area is 214 Å². The number of nitrogens with one attached hydrogen (secondary N) is 1. The second-order valence-corrected chi connectivity index (χ2v) is 10.1. The van der Waals surface area contributed by atoms with Gasteiger partial charge in [-0.1, -0.05) is 26.2 Å². The Kier molecular flexibility index (Phi) is 8.40. The number of rotatable bonds is 9. The molecule has 0 spiro atoms. The second-order valence-electron chi connectivity index (χ2n) is 9.19. The van der Waals surface area contributed by atoms with E-state index in [0.29, 0.717) is 27.7 Å². The summed E-state index contributed by atoms with van der Waals surface area (Å²) in [5.74, 6) is 0.566. The van der Waals surface area contributed by atoms with Crippen LogP contribution in [0.5, 0.6) is 5.75 Å². The van der Waals surface area contributed by atoms with Crippen molar-refractivity contribution in [3.8, 4) is 11.4 Å². The largest absolute Gasteiger partial charge is 0.497 e. The number of methoxy groups -OCH3 is 1. The standard InChI is InChI=1S/C27H33N3O5S/c1-4-6-7-17-8-10-18(11-9-17)24(31)28-25-22-21(16-36-25)23(27(33)35-5-2)29-30(26(22)32)19-12-14-20(34-3)15-13-19/h12-18H,4-11H2,1-3H3,(H,28,31). The Morgan fingerprint density at radius 2 is 1.86 bits per heavy atom. The highest BCUT2D eigenvalue weighted by atomic mass is 32.1. The number of hydrogen-bond donors (Lipinski definition) is 1. The quantitative estimate of drug-likeness (QED) is 0.377. The van der Waals surface area contributed by atoms with Crippen LogP contribution in [0.25, 0.3) is 16.5 Å². The highest BCUT2D eigenvalue weighted by molar-refractivity contribution is 7.16. The van der Waals surface area contributed by atoms with Crippen LogP contribution in [0, 0.1) is 11.8 Å². The topological polar surface area (TPSA) is 99.5 Å². The summed E-state index contributed by atoms with van der Waals surface area (Å²) in [6.45, 7) is 4.10. The van der Waals surface area contributed by atoms with Crippen LogP contribution in [0.3, 0.4) is 0 Å². The van der Waals surface area contributed by atoms with Gasteiger partial charge in [0.1, 0.15) is 10.8 Å². The van der Waals surface area contributed by atoms with Crippen molar-refractivity contribution in [2.45, 2.75) is 58.8 Å². The molecular weight excluding hydrogens is 478 g/mol. The van der Waals surface area contributed by atoms with E-state index < -0.39 is 11.5 Å². The lowest BCUT2D eigenvalue weighted by Gasteiger charge is -2.27. The summed E-state index contributed by atoms with van der Waals surface area (Å²) in [5.41, 5.74) is 0.0978. The van der Waals surface area contributed by atoms with E-state index in [1.54, 1.807) is 43.7 Å². The number of fused-ring (bicyclic) bond motifs is 1. The molecule has 1 aromatic carbocycles. The van der Waals surface area contributed by atoms with Crippen LogP contribution in [0.1, 0.15) is 69.3 Å². The van der Waals surface area contributed by atoms with Gasteiger partial charge in [-0.05, 0) is 62.8 Å². The molecule has 2 heterocycles. The molecule has 2 aromatic heterocycles. The van der Waals surface area contributed by atoms with Crippen LogP contribution in [-0.2, 0) is 9.53 Å². The minimum Gasteiger partial charge on any atom is -0.497 e. The normalized spacial score (nSPS) is 17.6. The van der Waals surface area contributed by atoms with Crippen molar-refractivity contribution < 1.29 is 19.1 Å². The maximum atomic E-state index is 13.6. The van der Waals surface area contributed by atoms with E-state index in [1.165, 1.54) is 35.3 Å². The summed E-state index contributed by atoms with van der Waals surface area (Å²) >= 11 is 1.23. The average molecular weight is 512 g/mol. The molecule has 0 bridgehead atoms. The predicted molar refractivity (Wildman–Crippen MR) is 141 cm³/mol. The molecule has 0 unspecified atom stereocenters. The second kappa shape index (κ2) is 11.7. The SMILES string of the molecule is CCCCC1CCC(C(=O)Nc2scc3c(C(=O)OCC)nn(-c4ccc(OC)cc4)c(=O)c23)CC1. The van der Waals surface area contributed by atoms with E-state index in [0.717, 1.165) is 25.7 Å². The summed E-state index contributed by atoms with van der Waals surface area (Å²) < 4.78 is 11.6. The molecule has 0 saturated heterocycles. The summed E-state index contributed by atoms with van der Waals surface area (Å²) in [7, 11) is 1.56. The molecule has 0 aliphatic heterocycles. The maximum Gasteiger partial charge on any atom is 0.359 e. The third-order valence-electron chi connectivity index (χ3n) is 6.86. The first-order valence-electron chi connectivity index (χ1n) is 12.6. The minimum atomic E-state index is -0.620. The Bertz CT molecular complexity index is 1270. The number of carbonyl (C=O) groups is 2. The number of benzene rings is 1. The first-order valence-corrected chi connectivity index (χ1v) is 13.5. The van der Waals surface area contributed by atoms with Crippen molar-refractivity contribution in [2.24, 2.45) is 11.8 Å². The zero-order valence-corrected chi connectivity index (χ0v) is 21.9. The zero-order chi connectivity index (χ0) is 25.7. The van der Waals surface area contributed by atoms with Crippen LogP contribution < -0.4 is 15.6 Å². The number of anilines is 1. The van der Waals surface area contributed by atoms with Gasteiger partial charge in [-0.3, -0.25) is 9.59 Å². The Balaban J connectivity index is 1.66. The number of aromatic nitrogens is 2. The molecule has 36 heavy (non-hydrogen) atoms. The fraction of sp³-hybridized carbons (Fsp3) is 0.481. The lowest BCUT2D eigenvalue weighted by Crippen LogP contribution is -2.28. The first kappa shape index (κ1) is 25.9. The molecule has 0 radical (unpaired) electrons. The van der Waals surface area contributed by atoms with Gasteiger partial charge in [-0.15, -0.1) is 11.3 Å². The number of hydrogen-bond acceptors (Lipinski definition) is 7. The van der Waals surface area contributed by atoms with Gasteiger partial charge in [0.2, 0.25) is 5.91 Å². The van der Waals surface area contributed by atoms with Gasteiger partial charge in [0.15, 0.2) is 5.69 Å². The first-order chi connectivity index (χ1) is 17.5. The van der Waals surface area contributed by atoms with Crippen LogP contribution in [0.2, 0.25) is 0 Å². The summed E-state index contributed by atoms with van der Waals surface area (Å²) in [6, 6.07) is 6.81. The molecule has 8 nitrogen and oxygen atoms in total. The third-order valence-corrected chi connectivity index (χ3v) is 7.75. The molecule has 1 aliphatic rings. The smallest absolute Gasteiger partial charge is 0.359 e. The van der Waals surface area contributed by atoms with E-state index in [-0.39, 0.29) is 29.5 Å². The van der Waals surface area contributed by atoms with Crippen molar-refractivity contribution in [2.75, 3.05) is 19.0 Å². The van der Waals surface area contributed by atoms with Crippen molar-refractivity contribution in [1.82, 2.24) is 9.78 Å². The van der Waals surface area contributed by atoms with Crippen LogP contribution in [0.15, 0.2) is 34.4 Å². The van der Waals surface area contributed by atoms with Crippen molar-refractivity contribution in [3.63, 3.8) is 0 Å². The lowest BCUT2D eigenvalue weighted by atomic mass is 9.79. The van der Waals surface area contributed by atoms with E-state index in [9.17, 15) is 14.4 Å². The summed E-state index contributed by atoms with van der Waals surface area (Å²) in [5, 5.41) is 10.1. The van der Waals surface area contributed by atoms with Crippen LogP contribution in [-0.4, -0.2) is 35.4 Å². The van der Waals surface area contributed by atoms with Crippen molar-refractivity contribution >= 4 is 39.0 Å². The molecule has 0 atom stereocenters. The summed E-state index contributed by atoms with van der Waals surface area (Å²) in [6.07, 6.45) is 7.50. The molecular formula is C27H33N3O5S. The monoisotopic (exact) mass is 511 g/mol. The number of carbonyl (C=O) groups excluding carboxylic acids is 2. The Morgan fingerprint density at radius 3 is 2.50 bits per heavy atom. The predicted octanol–water partition coefficient (Wildman–Crippen LogP) is 5.57. The Hall–Kier alpha value is -3.20. The molecule has 1 saturated carbocycles.